The molecular formula is C18H20O2. The fraction of sp³-hybridized carbons (Fsp3) is 0.278. The highest BCUT2D eigenvalue weighted by Gasteiger charge is 2.04. The van der Waals surface area contributed by atoms with Gasteiger partial charge in [0.2, 0.25) is 0 Å². The molecule has 2 aromatic carbocycles. The first kappa shape index (κ1) is 14.5. The van der Waals surface area contributed by atoms with Gasteiger partial charge in [-0.1, -0.05) is 60.7 Å². The standard InChI is InChI=1S/C18H20O2/c19-18(17-11-5-2-6-12-17)13-15-20-14-7-10-16-8-3-1-4-9-16/h1-6,8-9,11-12H,7,10,13-15H2. The van der Waals surface area contributed by atoms with Gasteiger partial charge in [0.05, 0.1) is 6.61 Å². The summed E-state index contributed by atoms with van der Waals surface area (Å²) in [7, 11) is 0. The molecule has 0 amide bonds. The van der Waals surface area contributed by atoms with E-state index in [1.54, 1.807) is 0 Å². The molecule has 0 radical (unpaired) electrons. The predicted octanol–water partition coefficient (Wildman–Crippen LogP) is 3.91. The van der Waals surface area contributed by atoms with E-state index in [9.17, 15) is 4.79 Å². The molecule has 0 bridgehead atoms. The fourth-order valence-corrected chi connectivity index (χ4v) is 2.06. The minimum Gasteiger partial charge on any atom is -0.381 e. The monoisotopic (exact) mass is 268 g/mol. The second-order valence-corrected chi connectivity index (χ2v) is 4.74. The number of aryl methyl sites for hydroxylation is 1. The third-order valence-corrected chi connectivity index (χ3v) is 3.17. The summed E-state index contributed by atoms with van der Waals surface area (Å²) >= 11 is 0. The van der Waals surface area contributed by atoms with E-state index in [0.717, 1.165) is 18.4 Å². The summed E-state index contributed by atoms with van der Waals surface area (Å²) in [6.07, 6.45) is 2.46. The molecule has 0 spiro atoms. The Morgan fingerprint density at radius 2 is 1.50 bits per heavy atom. The number of Topliss-reactive ketones (excluding diaryl/α,β-unsaturated/α-hetero) is 1. The minimum atomic E-state index is 0.147. The van der Waals surface area contributed by atoms with Crippen molar-refractivity contribution in [3.05, 3.63) is 71.8 Å². The number of hydrogen-bond acceptors (Lipinski definition) is 2. The van der Waals surface area contributed by atoms with Gasteiger partial charge in [0.25, 0.3) is 0 Å². The third kappa shape index (κ3) is 4.98. The van der Waals surface area contributed by atoms with Crippen LogP contribution in [-0.2, 0) is 11.2 Å². The van der Waals surface area contributed by atoms with E-state index in [4.69, 9.17) is 4.74 Å². The normalized spacial score (nSPS) is 10.4. The van der Waals surface area contributed by atoms with Gasteiger partial charge in [0.15, 0.2) is 5.78 Å². The first-order valence-electron chi connectivity index (χ1n) is 7.06. The quantitative estimate of drug-likeness (QED) is 0.536. The van der Waals surface area contributed by atoms with E-state index in [1.165, 1.54) is 5.56 Å². The van der Waals surface area contributed by atoms with Gasteiger partial charge in [-0.05, 0) is 18.4 Å². The Morgan fingerprint density at radius 3 is 2.20 bits per heavy atom. The Bertz CT molecular complexity index is 505. The highest BCUT2D eigenvalue weighted by Crippen LogP contribution is 2.04. The summed E-state index contributed by atoms with van der Waals surface area (Å²) in [5, 5.41) is 0. The number of benzene rings is 2. The molecular weight excluding hydrogens is 248 g/mol. The second-order valence-electron chi connectivity index (χ2n) is 4.74. The van der Waals surface area contributed by atoms with Gasteiger partial charge in [-0.2, -0.15) is 0 Å². The summed E-state index contributed by atoms with van der Waals surface area (Å²) in [5.41, 5.74) is 2.09. The Labute approximate surface area is 120 Å². The van der Waals surface area contributed by atoms with Crippen LogP contribution in [0, 0.1) is 0 Å². The summed E-state index contributed by atoms with van der Waals surface area (Å²) < 4.78 is 5.53. The van der Waals surface area contributed by atoms with E-state index >= 15 is 0 Å². The van der Waals surface area contributed by atoms with Crippen LogP contribution >= 0.6 is 0 Å². The first-order valence-corrected chi connectivity index (χ1v) is 7.06. The summed E-state index contributed by atoms with van der Waals surface area (Å²) in [6, 6.07) is 19.7. The average Bonchev–Trinajstić information content (AvgIpc) is 2.52. The molecule has 0 N–H and O–H groups in total. The van der Waals surface area contributed by atoms with Crippen LogP contribution in [0.5, 0.6) is 0 Å². The molecule has 2 aromatic rings. The van der Waals surface area contributed by atoms with Gasteiger partial charge in [0.1, 0.15) is 0 Å². The van der Waals surface area contributed by atoms with Crippen molar-refractivity contribution in [1.29, 1.82) is 0 Å². The molecule has 0 fully saturated rings. The average molecular weight is 268 g/mol. The maximum atomic E-state index is 11.8. The van der Waals surface area contributed by atoms with Crippen molar-refractivity contribution in [2.75, 3.05) is 13.2 Å². The zero-order valence-corrected chi connectivity index (χ0v) is 11.6. The molecule has 0 atom stereocenters. The number of ketones is 1. The highest BCUT2D eigenvalue weighted by atomic mass is 16.5. The molecule has 0 aliphatic carbocycles. The zero-order chi connectivity index (χ0) is 14.0. The number of carbonyl (C=O) groups is 1. The maximum Gasteiger partial charge on any atom is 0.165 e. The summed E-state index contributed by atoms with van der Waals surface area (Å²) in [4.78, 5) is 11.8. The van der Waals surface area contributed by atoms with Crippen molar-refractivity contribution in [3.8, 4) is 0 Å². The molecule has 0 aliphatic heterocycles. The topological polar surface area (TPSA) is 26.3 Å². The van der Waals surface area contributed by atoms with Gasteiger partial charge in [0, 0.05) is 18.6 Å². The lowest BCUT2D eigenvalue weighted by atomic mass is 10.1. The Morgan fingerprint density at radius 1 is 0.850 bits per heavy atom. The Kier molecular flexibility index (Phi) is 6.00. The molecule has 0 saturated heterocycles. The van der Waals surface area contributed by atoms with Crippen LogP contribution in [0.15, 0.2) is 60.7 Å². The van der Waals surface area contributed by atoms with E-state index < -0.39 is 0 Å². The Balaban J connectivity index is 1.57. The summed E-state index contributed by atoms with van der Waals surface area (Å²) in [6.45, 7) is 1.21. The van der Waals surface area contributed by atoms with E-state index in [-0.39, 0.29) is 5.78 Å². The molecule has 2 nitrogen and oxygen atoms in total. The van der Waals surface area contributed by atoms with E-state index in [2.05, 4.69) is 24.3 Å². The molecule has 20 heavy (non-hydrogen) atoms. The highest BCUT2D eigenvalue weighted by molar-refractivity contribution is 5.96. The lowest BCUT2D eigenvalue weighted by Gasteiger charge is -2.04. The molecule has 2 heteroatoms. The zero-order valence-electron chi connectivity index (χ0n) is 11.6. The lowest BCUT2D eigenvalue weighted by Crippen LogP contribution is -2.06. The molecule has 0 aromatic heterocycles. The first-order chi connectivity index (χ1) is 9.86. The van der Waals surface area contributed by atoms with Crippen molar-refractivity contribution in [2.24, 2.45) is 0 Å². The van der Waals surface area contributed by atoms with Gasteiger partial charge in [-0.3, -0.25) is 4.79 Å². The summed E-state index contributed by atoms with van der Waals surface area (Å²) in [5.74, 6) is 0.147. The van der Waals surface area contributed by atoms with Crippen LogP contribution in [0.3, 0.4) is 0 Å². The molecule has 104 valence electrons. The van der Waals surface area contributed by atoms with Crippen LogP contribution < -0.4 is 0 Å². The smallest absolute Gasteiger partial charge is 0.165 e. The van der Waals surface area contributed by atoms with Crippen molar-refractivity contribution in [3.63, 3.8) is 0 Å². The predicted molar refractivity (Wildman–Crippen MR) is 81.0 cm³/mol. The minimum absolute atomic E-state index is 0.147. The van der Waals surface area contributed by atoms with Crippen molar-refractivity contribution in [1.82, 2.24) is 0 Å². The van der Waals surface area contributed by atoms with Crippen molar-refractivity contribution < 1.29 is 9.53 Å². The van der Waals surface area contributed by atoms with Crippen molar-refractivity contribution >= 4 is 5.78 Å². The number of hydrogen-bond donors (Lipinski definition) is 0. The molecule has 0 aliphatic rings. The fourth-order valence-electron chi connectivity index (χ4n) is 2.06. The van der Waals surface area contributed by atoms with Crippen LogP contribution in [0.4, 0.5) is 0 Å². The third-order valence-electron chi connectivity index (χ3n) is 3.17. The van der Waals surface area contributed by atoms with Crippen LogP contribution in [-0.4, -0.2) is 19.0 Å². The maximum absolute atomic E-state index is 11.8. The van der Waals surface area contributed by atoms with Gasteiger partial charge >= 0.3 is 0 Å². The molecule has 2 rings (SSSR count). The van der Waals surface area contributed by atoms with Crippen LogP contribution in [0.1, 0.15) is 28.8 Å². The molecule has 0 saturated carbocycles. The van der Waals surface area contributed by atoms with Gasteiger partial charge in [-0.15, -0.1) is 0 Å². The van der Waals surface area contributed by atoms with Gasteiger partial charge in [-0.25, -0.2) is 0 Å². The Hall–Kier alpha value is -1.93. The molecule has 0 heterocycles. The van der Waals surface area contributed by atoms with Crippen molar-refractivity contribution in [2.45, 2.75) is 19.3 Å². The van der Waals surface area contributed by atoms with Crippen LogP contribution in [0.2, 0.25) is 0 Å². The second kappa shape index (κ2) is 8.28. The number of rotatable bonds is 8. The molecule has 0 unspecified atom stereocenters. The van der Waals surface area contributed by atoms with E-state index in [0.29, 0.717) is 19.6 Å². The van der Waals surface area contributed by atoms with Gasteiger partial charge < -0.3 is 4.74 Å². The SMILES string of the molecule is O=C(CCOCCCc1ccccc1)c1ccccc1. The number of carbonyl (C=O) groups excluding carboxylic acids is 1. The largest absolute Gasteiger partial charge is 0.381 e. The lowest BCUT2D eigenvalue weighted by molar-refractivity contribution is 0.0874. The van der Waals surface area contributed by atoms with E-state index in [1.807, 2.05) is 36.4 Å². The van der Waals surface area contributed by atoms with Crippen LogP contribution in [0.25, 0.3) is 0 Å². The number of ether oxygens (including phenoxy) is 1.